The first kappa shape index (κ1) is 29.0. The van der Waals surface area contributed by atoms with Crippen LogP contribution in [0.25, 0.3) is 11.0 Å². The number of anilines is 2. The van der Waals surface area contributed by atoms with Crippen LogP contribution in [0.5, 0.6) is 11.5 Å². The second-order valence-corrected chi connectivity index (χ2v) is 15.8. The molecule has 4 rings (SSSR count). The van der Waals surface area contributed by atoms with Crippen LogP contribution in [0.2, 0.25) is 25.7 Å². The van der Waals surface area contributed by atoms with Gasteiger partial charge in [-0.1, -0.05) is 19.6 Å². The van der Waals surface area contributed by atoms with Gasteiger partial charge in [0.15, 0.2) is 17.4 Å². The molecule has 0 spiro atoms. The molecule has 0 saturated carbocycles. The molecule has 0 saturated heterocycles. The first-order chi connectivity index (χ1) is 18.7. The molecule has 40 heavy (non-hydrogen) atoms. The quantitative estimate of drug-likeness (QED) is 0.128. The van der Waals surface area contributed by atoms with Gasteiger partial charge in [0.1, 0.15) is 18.1 Å². The summed E-state index contributed by atoms with van der Waals surface area (Å²) in [5, 5.41) is 8.12. The first-order valence-electron chi connectivity index (χ1n) is 12.1. The Bertz CT molecular complexity index is 1510. The molecule has 1 aromatic carbocycles. The average molecular weight is 583 g/mol. The Morgan fingerprint density at radius 2 is 1.75 bits per heavy atom. The summed E-state index contributed by atoms with van der Waals surface area (Å²) >= 11 is 0. The zero-order chi connectivity index (χ0) is 29.2. The van der Waals surface area contributed by atoms with Crippen molar-refractivity contribution in [2.75, 3.05) is 17.2 Å². The Kier molecular flexibility index (Phi) is 8.16. The summed E-state index contributed by atoms with van der Waals surface area (Å²) in [6.07, 6.45) is 0.0738. The van der Waals surface area contributed by atoms with Crippen LogP contribution in [0.4, 0.5) is 38.1 Å². The van der Waals surface area contributed by atoms with E-state index in [0.717, 1.165) is 30.4 Å². The molecule has 0 radical (unpaired) electrons. The van der Waals surface area contributed by atoms with E-state index in [1.165, 1.54) is 27.8 Å². The maximum absolute atomic E-state index is 14.9. The van der Waals surface area contributed by atoms with E-state index in [1.54, 1.807) is 7.05 Å². The van der Waals surface area contributed by atoms with Gasteiger partial charge in [-0.2, -0.15) is 18.3 Å². The fraction of sp³-hybridized carbons (Fsp3) is 0.320. The maximum atomic E-state index is 14.9. The van der Waals surface area contributed by atoms with Gasteiger partial charge in [-0.3, -0.25) is 4.68 Å². The van der Waals surface area contributed by atoms with E-state index >= 15 is 0 Å². The number of fused-ring (bicyclic) bond motifs is 1. The molecule has 0 unspecified atom stereocenters. The van der Waals surface area contributed by atoms with Gasteiger partial charge in [0.25, 0.3) is 0 Å². The van der Waals surface area contributed by atoms with E-state index in [4.69, 9.17) is 9.47 Å². The fourth-order valence-corrected chi connectivity index (χ4v) is 4.50. The predicted molar refractivity (Wildman–Crippen MR) is 141 cm³/mol. The standard InChI is InChI=1S/C25H27F5N6O3Si/c1-35-12-16(11-32-35)34-24(37)33-15-9-18(26)22(19(27)10-15)39-20-5-6-31-23-21(20)17(25(28,29)30)13-36(23)14-38-7-8-40(2,3)4/h5-6,9-13H,7-8,14H2,1-4H3,(H2,33,34,37). The van der Waals surface area contributed by atoms with Gasteiger partial charge >= 0.3 is 12.2 Å². The van der Waals surface area contributed by atoms with Crippen molar-refractivity contribution in [3.8, 4) is 11.5 Å². The Morgan fingerprint density at radius 3 is 2.35 bits per heavy atom. The Labute approximate surface area is 226 Å². The molecule has 15 heteroatoms. The largest absolute Gasteiger partial charge is 0.450 e. The van der Waals surface area contributed by atoms with Crippen LogP contribution >= 0.6 is 0 Å². The lowest BCUT2D eigenvalue weighted by Gasteiger charge is -2.15. The van der Waals surface area contributed by atoms with Crippen molar-refractivity contribution in [3.05, 3.63) is 60.2 Å². The number of aryl methyl sites for hydroxylation is 1. The Hall–Kier alpha value is -3.98. The predicted octanol–water partition coefficient (Wildman–Crippen LogP) is 6.82. The summed E-state index contributed by atoms with van der Waals surface area (Å²) in [6.45, 7) is 6.60. The van der Waals surface area contributed by atoms with Gasteiger partial charge in [-0.05, 0) is 12.1 Å². The van der Waals surface area contributed by atoms with Gasteiger partial charge in [-0.15, -0.1) is 0 Å². The van der Waals surface area contributed by atoms with Gasteiger partial charge < -0.3 is 24.7 Å². The third kappa shape index (κ3) is 6.96. The van der Waals surface area contributed by atoms with E-state index in [2.05, 4.69) is 40.4 Å². The number of carbonyl (C=O) groups excluding carboxylic acids is 1. The van der Waals surface area contributed by atoms with Gasteiger partial charge in [0, 0.05) is 58.1 Å². The van der Waals surface area contributed by atoms with E-state index in [-0.39, 0.29) is 18.1 Å². The number of aromatic nitrogens is 4. The number of alkyl halides is 3. The van der Waals surface area contributed by atoms with E-state index in [0.29, 0.717) is 12.3 Å². The van der Waals surface area contributed by atoms with Crippen molar-refractivity contribution >= 4 is 36.5 Å². The van der Waals surface area contributed by atoms with Gasteiger partial charge in [0.05, 0.1) is 22.8 Å². The zero-order valence-electron chi connectivity index (χ0n) is 22.1. The van der Waals surface area contributed by atoms with Crippen LogP contribution < -0.4 is 15.4 Å². The van der Waals surface area contributed by atoms with Crippen molar-refractivity contribution in [3.63, 3.8) is 0 Å². The zero-order valence-corrected chi connectivity index (χ0v) is 23.1. The van der Waals surface area contributed by atoms with Crippen LogP contribution in [0.15, 0.2) is 43.0 Å². The summed E-state index contributed by atoms with van der Waals surface area (Å²) in [5.74, 6) is -3.89. The Balaban J connectivity index is 1.59. The number of halogens is 5. The van der Waals surface area contributed by atoms with Crippen LogP contribution in [0.3, 0.4) is 0 Å². The Morgan fingerprint density at radius 1 is 1.07 bits per heavy atom. The van der Waals surface area contributed by atoms with Crippen LogP contribution in [-0.2, 0) is 24.7 Å². The van der Waals surface area contributed by atoms with Crippen molar-refractivity contribution in [1.29, 1.82) is 0 Å². The van der Waals surface area contributed by atoms with Gasteiger partial charge in [0.2, 0.25) is 0 Å². The normalized spacial score (nSPS) is 12.1. The highest BCUT2D eigenvalue weighted by Crippen LogP contribution is 2.42. The molecular formula is C25H27F5N6O3Si. The van der Waals surface area contributed by atoms with Crippen molar-refractivity contribution in [2.24, 2.45) is 7.05 Å². The second-order valence-electron chi connectivity index (χ2n) is 10.2. The molecule has 3 aromatic heterocycles. The molecule has 0 atom stereocenters. The molecule has 0 fully saturated rings. The second kappa shape index (κ2) is 11.2. The molecule has 214 valence electrons. The third-order valence-electron chi connectivity index (χ3n) is 5.68. The summed E-state index contributed by atoms with van der Waals surface area (Å²) in [5.41, 5.74) is -1.12. The number of nitrogens with one attached hydrogen (secondary N) is 2. The summed E-state index contributed by atoms with van der Waals surface area (Å²) < 4.78 is 85.2. The van der Waals surface area contributed by atoms with Crippen molar-refractivity contribution in [2.45, 2.75) is 38.6 Å². The monoisotopic (exact) mass is 582 g/mol. The lowest BCUT2D eigenvalue weighted by atomic mass is 10.2. The van der Waals surface area contributed by atoms with Crippen LogP contribution in [0, 0.1) is 11.6 Å². The van der Waals surface area contributed by atoms with E-state index in [9.17, 15) is 26.7 Å². The summed E-state index contributed by atoms with van der Waals surface area (Å²) in [4.78, 5) is 16.2. The van der Waals surface area contributed by atoms with Crippen molar-refractivity contribution < 1.29 is 36.2 Å². The fourth-order valence-electron chi connectivity index (χ4n) is 3.74. The molecule has 2 amide bonds. The molecule has 0 aliphatic carbocycles. The number of carbonyl (C=O) groups is 1. The molecule has 4 aromatic rings. The molecule has 0 aliphatic rings. The van der Waals surface area contributed by atoms with Crippen molar-refractivity contribution in [1.82, 2.24) is 19.3 Å². The maximum Gasteiger partial charge on any atom is 0.418 e. The topological polar surface area (TPSA) is 95.2 Å². The van der Waals surface area contributed by atoms with E-state index < -0.39 is 54.4 Å². The molecule has 2 N–H and O–H groups in total. The molecule has 0 bridgehead atoms. The minimum Gasteiger partial charge on any atom is -0.450 e. The number of urea groups is 1. The minimum absolute atomic E-state index is 0.121. The number of ether oxygens (including phenoxy) is 2. The number of hydrogen-bond donors (Lipinski definition) is 2. The number of nitrogens with zero attached hydrogens (tertiary/aromatic N) is 4. The van der Waals surface area contributed by atoms with E-state index in [1.807, 2.05) is 0 Å². The molecule has 3 heterocycles. The summed E-state index contributed by atoms with van der Waals surface area (Å²) in [6, 6.07) is 2.66. The number of rotatable bonds is 9. The van der Waals surface area contributed by atoms with Gasteiger partial charge in [-0.25, -0.2) is 18.6 Å². The lowest BCUT2D eigenvalue weighted by molar-refractivity contribution is -0.136. The number of hydrogen-bond acceptors (Lipinski definition) is 5. The summed E-state index contributed by atoms with van der Waals surface area (Å²) in [7, 11) is 0.220. The van der Waals surface area contributed by atoms with Crippen LogP contribution in [-0.4, -0.2) is 40.0 Å². The highest BCUT2D eigenvalue weighted by Gasteiger charge is 2.37. The number of amides is 2. The third-order valence-corrected chi connectivity index (χ3v) is 7.39. The molecule has 9 nitrogen and oxygen atoms in total. The minimum atomic E-state index is -4.81. The SMILES string of the molecule is Cn1cc(NC(=O)Nc2cc(F)c(Oc3ccnc4c3c(C(F)(F)F)cn4COCC[Si](C)(C)C)c(F)c2)cn1. The highest BCUT2D eigenvalue weighted by molar-refractivity contribution is 6.76. The highest BCUT2D eigenvalue weighted by atomic mass is 28.3. The van der Waals surface area contributed by atoms with Crippen LogP contribution in [0.1, 0.15) is 5.56 Å². The lowest BCUT2D eigenvalue weighted by Crippen LogP contribution is -2.22. The average Bonchev–Trinajstić information content (AvgIpc) is 3.42. The number of benzene rings is 1. The molecular weight excluding hydrogens is 555 g/mol. The molecule has 0 aliphatic heterocycles. The first-order valence-corrected chi connectivity index (χ1v) is 15.8. The smallest absolute Gasteiger partial charge is 0.418 e. The number of pyridine rings is 1.